The number of hydrogen-bond acceptors (Lipinski definition) is 13. The lowest BCUT2D eigenvalue weighted by Crippen LogP contribution is -2.59. The van der Waals surface area contributed by atoms with E-state index >= 15 is 0 Å². The van der Waals surface area contributed by atoms with Crippen LogP contribution in [0.1, 0.15) is 88.5 Å². The predicted octanol–water partition coefficient (Wildman–Crippen LogP) is 4.83. The van der Waals surface area contributed by atoms with Crippen LogP contribution in [-0.2, 0) is 61.4 Å². The molecule has 14 heteroatoms. The number of carbonyl (C=O) groups excluding carboxylic acids is 2. The van der Waals surface area contributed by atoms with E-state index in [0.29, 0.717) is 42.5 Å². The van der Waals surface area contributed by atoms with Crippen molar-refractivity contribution in [2.45, 2.75) is 166 Å². The van der Waals surface area contributed by atoms with Crippen molar-refractivity contribution in [1.29, 1.82) is 0 Å². The number of carbonyl (C=O) groups is 2. The third kappa shape index (κ3) is 10.2. The Bertz CT molecular complexity index is 970. The van der Waals surface area contributed by atoms with Gasteiger partial charge < -0.3 is 51.8 Å². The fourth-order valence-electron chi connectivity index (χ4n) is 7.71. The lowest BCUT2D eigenvalue weighted by atomic mass is 9.91. The molecule has 3 saturated heterocycles. The van der Waals surface area contributed by atoms with Gasteiger partial charge in [0.15, 0.2) is 38.7 Å². The number of methoxy groups -OCH3 is 2. The molecule has 3 rings (SSSR count). The van der Waals surface area contributed by atoms with E-state index in [2.05, 4.69) is 41.5 Å². The summed E-state index contributed by atoms with van der Waals surface area (Å²) in [4.78, 5) is 24.4. The second-order valence-corrected chi connectivity index (χ2v) is 19.6. The van der Waals surface area contributed by atoms with Crippen LogP contribution in [0.25, 0.3) is 0 Å². The summed E-state index contributed by atoms with van der Waals surface area (Å²) < 4.78 is 66.4. The van der Waals surface area contributed by atoms with E-state index in [4.69, 9.17) is 51.8 Å². The molecule has 47 heavy (non-hydrogen) atoms. The largest absolute Gasteiger partial charge is 0.456 e. The minimum Gasteiger partial charge on any atom is -0.456 e. The normalized spacial score (nSPS) is 32.5. The average Bonchev–Trinajstić information content (AvgIpc) is 3.28. The first kappa shape index (κ1) is 40.2. The van der Waals surface area contributed by atoms with Crippen molar-refractivity contribution in [3.63, 3.8) is 0 Å². The van der Waals surface area contributed by atoms with E-state index in [9.17, 15) is 9.59 Å². The minimum absolute atomic E-state index is 0.0711. The van der Waals surface area contributed by atoms with Crippen LogP contribution in [0, 0.1) is 0 Å². The van der Waals surface area contributed by atoms with Crippen molar-refractivity contribution in [3.8, 4) is 0 Å². The second kappa shape index (κ2) is 17.6. The average molecular weight is 693 g/mol. The molecule has 0 bridgehead atoms. The summed E-state index contributed by atoms with van der Waals surface area (Å²) in [6, 6.07) is 0. The maximum Gasteiger partial charge on any atom is 0.303 e. The standard InChI is InChI=1S/C33H60O13Si/c1-19(2)47(20(3)4,21(5)6)40-16-27-28(39-18-37-12)26(38-17-36-11)15-24(43-27)13-14-25-29(41-22(7)34)30(42-23(8)35)31-32(44-25)46-33(9,10)45-31/h19-21,24-32H,13-18H2,1-12H3/t24?,25?,26-,27?,28+,29-,30+,31+,32?/m1/s1. The molecule has 0 aromatic rings. The van der Waals surface area contributed by atoms with Crippen molar-refractivity contribution >= 4 is 20.3 Å². The molecule has 274 valence electrons. The molecule has 3 heterocycles. The van der Waals surface area contributed by atoms with Crippen molar-refractivity contribution < 1.29 is 61.4 Å². The quantitative estimate of drug-likeness (QED) is 0.117. The smallest absolute Gasteiger partial charge is 0.303 e. The number of hydrogen-bond donors (Lipinski definition) is 0. The van der Waals surface area contributed by atoms with Gasteiger partial charge in [0.05, 0.1) is 18.8 Å². The lowest BCUT2D eigenvalue weighted by Gasteiger charge is -2.46. The highest BCUT2D eigenvalue weighted by molar-refractivity contribution is 6.77. The molecule has 3 aliphatic rings. The van der Waals surface area contributed by atoms with Crippen LogP contribution in [-0.4, -0.2) is 116 Å². The van der Waals surface area contributed by atoms with Gasteiger partial charge in [0.25, 0.3) is 0 Å². The molecule has 0 saturated carbocycles. The number of rotatable bonds is 17. The van der Waals surface area contributed by atoms with Crippen LogP contribution in [0.15, 0.2) is 0 Å². The number of fused-ring (bicyclic) bond motifs is 1. The van der Waals surface area contributed by atoms with Gasteiger partial charge in [0, 0.05) is 34.5 Å². The van der Waals surface area contributed by atoms with Crippen molar-refractivity contribution in [2.24, 2.45) is 0 Å². The molecule has 3 fully saturated rings. The third-order valence-corrected chi connectivity index (χ3v) is 15.4. The first-order valence-electron chi connectivity index (χ1n) is 16.9. The summed E-state index contributed by atoms with van der Waals surface area (Å²) in [6.07, 6.45) is -4.20. The summed E-state index contributed by atoms with van der Waals surface area (Å²) in [7, 11) is 0.931. The fourth-order valence-corrected chi connectivity index (χ4v) is 13.2. The monoisotopic (exact) mass is 692 g/mol. The van der Waals surface area contributed by atoms with Gasteiger partial charge in [-0.15, -0.1) is 0 Å². The van der Waals surface area contributed by atoms with Gasteiger partial charge >= 0.3 is 11.9 Å². The Kier molecular flexibility index (Phi) is 15.1. The van der Waals surface area contributed by atoms with E-state index < -0.39 is 69.0 Å². The second-order valence-electron chi connectivity index (χ2n) is 14.2. The Hall–Kier alpha value is -1.20. The van der Waals surface area contributed by atoms with Crippen LogP contribution in [0.5, 0.6) is 0 Å². The van der Waals surface area contributed by atoms with Gasteiger partial charge in [-0.25, -0.2) is 0 Å². The zero-order valence-electron chi connectivity index (χ0n) is 30.5. The summed E-state index contributed by atoms with van der Waals surface area (Å²) in [5.74, 6) is -2.03. The highest BCUT2D eigenvalue weighted by Crippen LogP contribution is 2.44. The van der Waals surface area contributed by atoms with E-state index in [0.717, 1.165) is 0 Å². The molecule has 0 aromatic carbocycles. The molecule has 13 nitrogen and oxygen atoms in total. The Morgan fingerprint density at radius 1 is 0.766 bits per heavy atom. The van der Waals surface area contributed by atoms with Crippen molar-refractivity contribution in [3.05, 3.63) is 0 Å². The van der Waals surface area contributed by atoms with Crippen molar-refractivity contribution in [1.82, 2.24) is 0 Å². The zero-order valence-corrected chi connectivity index (χ0v) is 31.5. The fraction of sp³-hybridized carbons (Fsp3) is 0.939. The highest BCUT2D eigenvalue weighted by atomic mass is 28.4. The summed E-state index contributed by atoms with van der Waals surface area (Å²) in [6.45, 7) is 20.1. The molecule has 0 radical (unpaired) electrons. The summed E-state index contributed by atoms with van der Waals surface area (Å²) in [5, 5.41) is 0. The molecule has 0 aromatic heterocycles. The minimum atomic E-state index is -2.23. The molecule has 0 spiro atoms. The first-order valence-corrected chi connectivity index (χ1v) is 19.1. The Labute approximate surface area is 281 Å². The Morgan fingerprint density at radius 3 is 1.89 bits per heavy atom. The Morgan fingerprint density at radius 2 is 1.34 bits per heavy atom. The van der Waals surface area contributed by atoms with Crippen LogP contribution < -0.4 is 0 Å². The van der Waals surface area contributed by atoms with Crippen LogP contribution >= 0.6 is 0 Å². The van der Waals surface area contributed by atoms with Crippen molar-refractivity contribution in [2.75, 3.05) is 34.4 Å². The topological polar surface area (TPSA) is 136 Å². The van der Waals surface area contributed by atoms with Gasteiger partial charge in [-0.05, 0) is 43.3 Å². The molecule has 9 atom stereocenters. The number of ether oxygens (including phenoxy) is 10. The van der Waals surface area contributed by atoms with Gasteiger partial charge in [0.2, 0.25) is 0 Å². The van der Waals surface area contributed by atoms with Gasteiger partial charge in [-0.2, -0.15) is 0 Å². The van der Waals surface area contributed by atoms with E-state index in [-0.39, 0.29) is 25.8 Å². The van der Waals surface area contributed by atoms with E-state index in [1.807, 2.05) is 0 Å². The lowest BCUT2D eigenvalue weighted by molar-refractivity contribution is -0.265. The maximum atomic E-state index is 12.2. The first-order chi connectivity index (χ1) is 22.1. The Balaban J connectivity index is 1.86. The van der Waals surface area contributed by atoms with Gasteiger partial charge in [-0.1, -0.05) is 41.5 Å². The molecule has 0 aliphatic carbocycles. The molecular weight excluding hydrogens is 632 g/mol. The van der Waals surface area contributed by atoms with E-state index in [1.165, 1.54) is 13.8 Å². The summed E-state index contributed by atoms with van der Waals surface area (Å²) in [5.41, 5.74) is 1.18. The molecule has 0 amide bonds. The van der Waals surface area contributed by atoms with Gasteiger partial charge in [0.1, 0.15) is 31.9 Å². The zero-order chi connectivity index (χ0) is 35.1. The molecule has 0 N–H and O–H groups in total. The summed E-state index contributed by atoms with van der Waals surface area (Å²) >= 11 is 0. The third-order valence-electron chi connectivity index (χ3n) is 9.37. The van der Waals surface area contributed by atoms with E-state index in [1.54, 1.807) is 28.1 Å². The van der Waals surface area contributed by atoms with Gasteiger partial charge in [-0.3, -0.25) is 9.59 Å². The SMILES string of the molecule is COCO[C@@H]1C(CO[Si](C(C)C)(C(C)C)C(C)C)OC(CCC2OC3OC(C)(C)O[C@H]3[C@@H](OC(C)=O)[C@@H]2OC(C)=O)C[C@H]1OCOC. The maximum absolute atomic E-state index is 12.2. The molecule has 4 unspecified atom stereocenters. The van der Waals surface area contributed by atoms with Crippen LogP contribution in [0.2, 0.25) is 16.6 Å². The number of esters is 2. The van der Waals surface area contributed by atoms with Crippen LogP contribution in [0.4, 0.5) is 0 Å². The predicted molar refractivity (Wildman–Crippen MR) is 173 cm³/mol. The molecular formula is C33H60O13Si. The molecule has 3 aliphatic heterocycles. The van der Waals surface area contributed by atoms with Crippen LogP contribution in [0.3, 0.4) is 0 Å². The highest BCUT2D eigenvalue weighted by Gasteiger charge is 2.57.